The van der Waals surface area contributed by atoms with Crippen molar-refractivity contribution in [1.29, 1.82) is 0 Å². The number of benzene rings is 2. The molecule has 0 aliphatic heterocycles. The number of aliphatic carboxylic acids is 2. The Bertz CT molecular complexity index is 926. The molecule has 1 amide bonds. The van der Waals surface area contributed by atoms with Crippen LogP contribution in [0.25, 0.3) is 0 Å². The molecule has 0 saturated carbocycles. The van der Waals surface area contributed by atoms with Crippen LogP contribution in [0.5, 0.6) is 11.5 Å². The molecule has 0 aliphatic carbocycles. The molecule has 0 fully saturated rings. The summed E-state index contributed by atoms with van der Waals surface area (Å²) in [6.07, 6.45) is -4.93. The molecular formula is C21H22F3NO6S2. The van der Waals surface area contributed by atoms with E-state index in [2.05, 4.69) is 5.32 Å². The Morgan fingerprint density at radius 3 is 2.12 bits per heavy atom. The van der Waals surface area contributed by atoms with Crippen molar-refractivity contribution in [2.24, 2.45) is 0 Å². The highest BCUT2D eigenvalue weighted by Crippen LogP contribution is 2.24. The van der Waals surface area contributed by atoms with Crippen LogP contribution >= 0.6 is 21.6 Å². The number of para-hydroxylation sites is 1. The van der Waals surface area contributed by atoms with Crippen LogP contribution in [0, 0.1) is 6.92 Å². The fourth-order valence-corrected chi connectivity index (χ4v) is 4.01. The maximum absolute atomic E-state index is 12.3. The third kappa shape index (κ3) is 12.1. The van der Waals surface area contributed by atoms with Crippen LogP contribution in [0.15, 0.2) is 48.5 Å². The zero-order valence-corrected chi connectivity index (χ0v) is 19.1. The van der Waals surface area contributed by atoms with Gasteiger partial charge in [-0.25, -0.2) is 4.79 Å². The van der Waals surface area contributed by atoms with E-state index < -0.39 is 18.1 Å². The lowest BCUT2D eigenvalue weighted by Crippen LogP contribution is -2.26. The highest BCUT2D eigenvalue weighted by Gasteiger charge is 2.38. The van der Waals surface area contributed by atoms with Crippen LogP contribution in [0.1, 0.15) is 22.3 Å². The standard InChI is InChI=1S/C19H21NO4S2.C2HF3O2/c1-14-13-16(24-15-5-3-2-4-6-15)7-8-17(14)19(23)20-10-12-26-25-11-9-18(21)22;3-2(4,5)1(6)7/h2-8,13H,9-12H2,1H3,(H,20,23)(H,21,22);(H,6,7). The number of halogens is 3. The first kappa shape index (κ1) is 28.2. The van der Waals surface area contributed by atoms with Crippen molar-refractivity contribution >= 4 is 39.4 Å². The maximum atomic E-state index is 12.3. The van der Waals surface area contributed by atoms with Gasteiger partial charge < -0.3 is 20.3 Å². The largest absolute Gasteiger partial charge is 0.490 e. The number of hydrogen-bond donors (Lipinski definition) is 3. The molecule has 180 valence electrons. The molecule has 0 bridgehead atoms. The smallest absolute Gasteiger partial charge is 0.481 e. The van der Waals surface area contributed by atoms with Gasteiger partial charge in [0.2, 0.25) is 0 Å². The second-order valence-corrected chi connectivity index (χ2v) is 8.94. The Labute approximate surface area is 196 Å². The van der Waals surface area contributed by atoms with Crippen molar-refractivity contribution in [3.8, 4) is 11.5 Å². The second kappa shape index (κ2) is 14.3. The fraction of sp³-hybridized carbons (Fsp3) is 0.286. The first-order valence-electron chi connectivity index (χ1n) is 9.38. The van der Waals surface area contributed by atoms with Gasteiger partial charge in [-0.3, -0.25) is 9.59 Å². The van der Waals surface area contributed by atoms with Crippen LogP contribution in [0.3, 0.4) is 0 Å². The number of amides is 1. The summed E-state index contributed by atoms with van der Waals surface area (Å²) in [6, 6.07) is 14.9. The third-order valence-electron chi connectivity index (χ3n) is 3.62. The first-order chi connectivity index (χ1) is 15.5. The van der Waals surface area contributed by atoms with Gasteiger partial charge in [0.1, 0.15) is 11.5 Å². The van der Waals surface area contributed by atoms with E-state index in [0.717, 1.165) is 17.1 Å². The van der Waals surface area contributed by atoms with Crippen molar-refractivity contribution < 1.29 is 42.5 Å². The van der Waals surface area contributed by atoms with Crippen LogP contribution < -0.4 is 10.1 Å². The van der Waals surface area contributed by atoms with E-state index in [0.29, 0.717) is 23.6 Å². The van der Waals surface area contributed by atoms with Crippen LogP contribution in [0.4, 0.5) is 13.2 Å². The molecular weight excluding hydrogens is 483 g/mol. The first-order valence-corrected chi connectivity index (χ1v) is 11.9. The number of rotatable bonds is 10. The molecule has 0 aromatic heterocycles. The van der Waals surface area contributed by atoms with E-state index in [9.17, 15) is 22.8 Å². The molecule has 12 heteroatoms. The maximum Gasteiger partial charge on any atom is 0.490 e. The SMILES string of the molecule is Cc1cc(Oc2ccccc2)ccc1C(=O)NCCSSCCC(=O)O.O=C(O)C(F)(F)F. The Kier molecular flexibility index (Phi) is 12.2. The number of carbonyl (C=O) groups is 3. The molecule has 2 aromatic carbocycles. The van der Waals surface area contributed by atoms with Crippen LogP contribution in [-0.4, -0.2) is 52.3 Å². The number of aryl methyl sites for hydroxylation is 1. The molecule has 0 saturated heterocycles. The van der Waals surface area contributed by atoms with Crippen molar-refractivity contribution in [2.75, 3.05) is 18.1 Å². The minimum Gasteiger partial charge on any atom is -0.481 e. The molecule has 0 heterocycles. The topological polar surface area (TPSA) is 113 Å². The molecule has 0 unspecified atom stereocenters. The summed E-state index contributed by atoms with van der Waals surface area (Å²) in [5.41, 5.74) is 1.47. The lowest BCUT2D eigenvalue weighted by Gasteiger charge is -2.10. The number of carbonyl (C=O) groups excluding carboxylic acids is 1. The van der Waals surface area contributed by atoms with Gasteiger partial charge in [-0.05, 0) is 42.8 Å². The monoisotopic (exact) mass is 505 g/mol. The summed E-state index contributed by atoms with van der Waals surface area (Å²) in [7, 11) is 3.06. The summed E-state index contributed by atoms with van der Waals surface area (Å²) in [5.74, 6) is -0.934. The van der Waals surface area contributed by atoms with E-state index >= 15 is 0 Å². The van der Waals surface area contributed by atoms with Crippen molar-refractivity contribution in [2.45, 2.75) is 19.5 Å². The van der Waals surface area contributed by atoms with E-state index in [1.165, 1.54) is 10.8 Å². The van der Waals surface area contributed by atoms with Gasteiger partial charge in [0.25, 0.3) is 5.91 Å². The highest BCUT2D eigenvalue weighted by molar-refractivity contribution is 8.76. The lowest BCUT2D eigenvalue weighted by atomic mass is 10.1. The minimum atomic E-state index is -5.08. The van der Waals surface area contributed by atoms with Gasteiger partial charge in [-0.2, -0.15) is 13.2 Å². The van der Waals surface area contributed by atoms with Gasteiger partial charge in [-0.15, -0.1) is 0 Å². The molecule has 7 nitrogen and oxygen atoms in total. The second-order valence-electron chi connectivity index (χ2n) is 6.24. The van der Waals surface area contributed by atoms with Crippen molar-refractivity contribution in [3.05, 3.63) is 59.7 Å². The number of ether oxygens (including phenoxy) is 1. The van der Waals surface area contributed by atoms with E-state index in [-0.39, 0.29) is 12.3 Å². The Morgan fingerprint density at radius 2 is 1.58 bits per heavy atom. The van der Waals surface area contributed by atoms with E-state index in [1.807, 2.05) is 43.3 Å². The van der Waals surface area contributed by atoms with Crippen LogP contribution in [-0.2, 0) is 9.59 Å². The lowest BCUT2D eigenvalue weighted by molar-refractivity contribution is -0.192. The average Bonchev–Trinajstić information content (AvgIpc) is 2.73. The van der Waals surface area contributed by atoms with Crippen LogP contribution in [0.2, 0.25) is 0 Å². The molecule has 2 rings (SSSR count). The molecule has 0 spiro atoms. The number of carboxylic acids is 2. The molecule has 2 aromatic rings. The number of hydrogen-bond acceptors (Lipinski definition) is 6. The summed E-state index contributed by atoms with van der Waals surface area (Å²) >= 11 is 0. The Hall–Kier alpha value is -2.86. The van der Waals surface area contributed by atoms with Gasteiger partial charge in [-0.1, -0.05) is 39.8 Å². The Balaban J connectivity index is 0.000000675. The minimum absolute atomic E-state index is 0.120. The quantitative estimate of drug-likeness (QED) is 0.305. The summed E-state index contributed by atoms with van der Waals surface area (Å²) < 4.78 is 37.5. The number of nitrogens with one attached hydrogen (secondary N) is 1. The zero-order chi connectivity index (χ0) is 24.9. The van der Waals surface area contributed by atoms with Crippen molar-refractivity contribution in [1.82, 2.24) is 5.32 Å². The third-order valence-corrected chi connectivity index (χ3v) is 6.03. The number of carboxylic acid groups (broad SMARTS) is 2. The summed E-state index contributed by atoms with van der Waals surface area (Å²) in [6.45, 7) is 2.41. The molecule has 0 aliphatic rings. The predicted molar refractivity (Wildman–Crippen MR) is 121 cm³/mol. The average molecular weight is 506 g/mol. The van der Waals surface area contributed by atoms with Gasteiger partial charge in [0.15, 0.2) is 0 Å². The molecule has 0 radical (unpaired) electrons. The zero-order valence-electron chi connectivity index (χ0n) is 17.4. The van der Waals surface area contributed by atoms with Gasteiger partial charge in [0.05, 0.1) is 6.42 Å². The molecule has 0 atom stereocenters. The normalized spacial score (nSPS) is 10.5. The van der Waals surface area contributed by atoms with Gasteiger partial charge in [0, 0.05) is 23.6 Å². The summed E-state index contributed by atoms with van der Waals surface area (Å²) in [4.78, 5) is 31.6. The fourth-order valence-electron chi connectivity index (χ4n) is 2.13. The molecule has 33 heavy (non-hydrogen) atoms. The summed E-state index contributed by atoms with van der Waals surface area (Å²) in [5, 5.41) is 18.6. The van der Waals surface area contributed by atoms with Gasteiger partial charge >= 0.3 is 18.1 Å². The van der Waals surface area contributed by atoms with E-state index in [1.54, 1.807) is 22.9 Å². The van der Waals surface area contributed by atoms with E-state index in [4.69, 9.17) is 19.7 Å². The molecule has 3 N–H and O–H groups in total. The predicted octanol–water partition coefficient (Wildman–Crippen LogP) is 5.01. The van der Waals surface area contributed by atoms with Crippen molar-refractivity contribution in [3.63, 3.8) is 0 Å². The highest BCUT2D eigenvalue weighted by atomic mass is 33.1. The number of alkyl halides is 3. The Morgan fingerprint density at radius 1 is 0.970 bits per heavy atom.